The fourth-order valence-electron chi connectivity index (χ4n) is 5.43. The first-order valence-corrected chi connectivity index (χ1v) is 13.9. The number of ketones is 1. The van der Waals surface area contributed by atoms with E-state index in [4.69, 9.17) is 16.3 Å². The molecule has 0 saturated heterocycles. The summed E-state index contributed by atoms with van der Waals surface area (Å²) in [6.07, 6.45) is -1.20. The molecule has 0 aliphatic heterocycles. The quantitative estimate of drug-likeness (QED) is 0.162. The van der Waals surface area contributed by atoms with Crippen molar-refractivity contribution < 1.29 is 14.3 Å². The van der Waals surface area contributed by atoms with Gasteiger partial charge in [-0.15, -0.1) is 0 Å². The molecule has 41 heavy (non-hydrogen) atoms. The largest absolute Gasteiger partial charge is 0.436 e. The summed E-state index contributed by atoms with van der Waals surface area (Å²) in [5, 5.41) is 3.17. The standard InChI is InChI=1S/C36H27ClNO3/c1-23(38-36(40)41-35-29-18-10-8-16-27(29)28-17-9-11-19-30(28)35)34(39)26-20-21-31(32(37)22-26)33(24-12-4-2-5-13-24)25-14-6-3-7-15-25/h2-23,35H,1H3,(H,38,40)/t23-/m0/s1. The van der Waals surface area contributed by atoms with Crippen molar-refractivity contribution in [3.8, 4) is 11.1 Å². The Morgan fingerprint density at radius 1 is 0.683 bits per heavy atom. The maximum absolute atomic E-state index is 13.4. The lowest BCUT2D eigenvalue weighted by Gasteiger charge is -2.20. The van der Waals surface area contributed by atoms with Gasteiger partial charge in [-0.2, -0.15) is 0 Å². The average Bonchev–Trinajstić information content (AvgIpc) is 3.32. The van der Waals surface area contributed by atoms with Crippen LogP contribution in [-0.2, 0) is 4.74 Å². The Hall–Kier alpha value is -4.67. The highest BCUT2D eigenvalue weighted by atomic mass is 35.5. The molecule has 0 aromatic heterocycles. The van der Waals surface area contributed by atoms with Crippen LogP contribution in [0.3, 0.4) is 0 Å². The van der Waals surface area contributed by atoms with E-state index in [9.17, 15) is 9.59 Å². The van der Waals surface area contributed by atoms with Crippen LogP contribution in [0, 0.1) is 5.92 Å². The summed E-state index contributed by atoms with van der Waals surface area (Å²) in [6, 6.07) is 40.3. The number of carbonyl (C=O) groups excluding carboxylic acids is 2. The van der Waals surface area contributed by atoms with Gasteiger partial charge >= 0.3 is 6.09 Å². The minimum Gasteiger partial charge on any atom is -0.436 e. The zero-order chi connectivity index (χ0) is 28.3. The molecule has 1 N–H and O–H groups in total. The summed E-state index contributed by atoms with van der Waals surface area (Å²) in [7, 11) is 0. The molecule has 0 unspecified atom stereocenters. The van der Waals surface area contributed by atoms with Gasteiger partial charge in [-0.1, -0.05) is 133 Å². The topological polar surface area (TPSA) is 55.4 Å². The molecule has 5 heteroatoms. The smallest absolute Gasteiger partial charge is 0.408 e. The average molecular weight is 557 g/mol. The first-order chi connectivity index (χ1) is 20.0. The Kier molecular flexibility index (Phi) is 7.41. The molecule has 0 fully saturated rings. The van der Waals surface area contributed by atoms with Crippen LogP contribution in [0.2, 0.25) is 5.02 Å². The zero-order valence-corrected chi connectivity index (χ0v) is 23.1. The minimum atomic E-state index is -0.817. The van der Waals surface area contributed by atoms with Gasteiger partial charge in [0.1, 0.15) is 0 Å². The fourth-order valence-corrected chi connectivity index (χ4v) is 5.70. The highest BCUT2D eigenvalue weighted by molar-refractivity contribution is 6.32. The number of carbonyl (C=O) groups is 2. The molecule has 201 valence electrons. The molecule has 1 atom stereocenters. The number of rotatable bonds is 7. The third-order valence-electron chi connectivity index (χ3n) is 7.38. The Morgan fingerprint density at radius 2 is 1.20 bits per heavy atom. The predicted molar refractivity (Wildman–Crippen MR) is 162 cm³/mol. The number of Topliss-reactive ketones (excluding diaryl/α,β-unsaturated/α-hetero) is 1. The highest BCUT2D eigenvalue weighted by Crippen LogP contribution is 2.45. The number of benzene rings is 5. The van der Waals surface area contributed by atoms with E-state index in [1.807, 2.05) is 115 Å². The summed E-state index contributed by atoms with van der Waals surface area (Å²) in [6.45, 7) is 1.65. The van der Waals surface area contributed by atoms with Gasteiger partial charge in [0.05, 0.1) is 12.0 Å². The maximum atomic E-state index is 13.4. The molecule has 1 aliphatic carbocycles. The Labute approximate surface area is 244 Å². The fraction of sp³-hybridized carbons (Fsp3) is 0.0833. The highest BCUT2D eigenvalue weighted by Gasteiger charge is 2.32. The summed E-state index contributed by atoms with van der Waals surface area (Å²) < 4.78 is 5.86. The van der Waals surface area contributed by atoms with Gasteiger partial charge in [0.25, 0.3) is 0 Å². The van der Waals surface area contributed by atoms with Crippen LogP contribution in [0.5, 0.6) is 0 Å². The number of alkyl carbamates (subject to hydrolysis) is 1. The first-order valence-electron chi connectivity index (χ1n) is 13.5. The summed E-state index contributed by atoms with van der Waals surface area (Å²) in [5.74, 6) is 0.714. The van der Waals surface area contributed by atoms with E-state index in [1.165, 1.54) is 0 Å². The van der Waals surface area contributed by atoms with Crippen molar-refractivity contribution >= 4 is 23.5 Å². The summed E-state index contributed by atoms with van der Waals surface area (Å²) >= 11 is 6.80. The van der Waals surface area contributed by atoms with Crippen molar-refractivity contribution in [1.82, 2.24) is 5.32 Å². The van der Waals surface area contributed by atoms with Crippen LogP contribution in [0.15, 0.2) is 127 Å². The Balaban J connectivity index is 1.19. The Bertz CT molecular complexity index is 1630. The molecule has 6 rings (SSSR count). The van der Waals surface area contributed by atoms with Crippen LogP contribution >= 0.6 is 11.6 Å². The van der Waals surface area contributed by atoms with Gasteiger partial charge in [-0.3, -0.25) is 4.79 Å². The number of hydrogen-bond donors (Lipinski definition) is 1. The minimum absolute atomic E-state index is 0.261. The van der Waals surface area contributed by atoms with Crippen LogP contribution in [0.1, 0.15) is 51.2 Å². The molecular formula is C36H27ClNO3. The second-order valence-corrected chi connectivity index (χ2v) is 10.4. The number of halogens is 1. The third-order valence-corrected chi connectivity index (χ3v) is 7.69. The van der Waals surface area contributed by atoms with E-state index in [-0.39, 0.29) is 5.78 Å². The van der Waals surface area contributed by atoms with Gasteiger partial charge in [-0.05, 0) is 40.8 Å². The van der Waals surface area contributed by atoms with Crippen LogP contribution in [0.4, 0.5) is 4.79 Å². The van der Waals surface area contributed by atoms with Gasteiger partial charge in [-0.25, -0.2) is 4.79 Å². The van der Waals surface area contributed by atoms with E-state index in [2.05, 4.69) is 5.32 Å². The van der Waals surface area contributed by atoms with Crippen molar-refractivity contribution in [2.24, 2.45) is 0 Å². The van der Waals surface area contributed by atoms with E-state index in [0.717, 1.165) is 44.9 Å². The zero-order valence-electron chi connectivity index (χ0n) is 22.4. The normalized spacial score (nSPS) is 12.9. The van der Waals surface area contributed by atoms with Gasteiger partial charge in [0.2, 0.25) is 0 Å². The molecule has 0 bridgehead atoms. The molecule has 0 heterocycles. The lowest BCUT2D eigenvalue weighted by molar-refractivity contribution is 0.0904. The molecular weight excluding hydrogens is 530 g/mol. The van der Waals surface area contributed by atoms with Crippen molar-refractivity contribution in [1.29, 1.82) is 0 Å². The lowest BCUT2D eigenvalue weighted by Crippen LogP contribution is -2.39. The second kappa shape index (κ2) is 11.4. The van der Waals surface area contributed by atoms with E-state index >= 15 is 0 Å². The Morgan fingerprint density at radius 3 is 1.73 bits per heavy atom. The van der Waals surface area contributed by atoms with E-state index < -0.39 is 18.2 Å². The molecule has 5 aromatic rings. The van der Waals surface area contributed by atoms with Crippen molar-refractivity contribution in [3.05, 3.63) is 172 Å². The number of amides is 1. The van der Waals surface area contributed by atoms with E-state index in [1.54, 1.807) is 19.1 Å². The first kappa shape index (κ1) is 26.5. The van der Waals surface area contributed by atoms with Crippen LogP contribution < -0.4 is 5.32 Å². The van der Waals surface area contributed by atoms with Gasteiger partial charge in [0.15, 0.2) is 11.9 Å². The molecule has 5 aromatic carbocycles. The van der Waals surface area contributed by atoms with E-state index in [0.29, 0.717) is 10.6 Å². The van der Waals surface area contributed by atoms with Crippen LogP contribution in [-0.4, -0.2) is 17.9 Å². The summed E-state index contributed by atoms with van der Waals surface area (Å²) in [4.78, 5) is 26.3. The molecule has 1 radical (unpaired) electrons. The maximum Gasteiger partial charge on any atom is 0.408 e. The predicted octanol–water partition coefficient (Wildman–Crippen LogP) is 8.43. The number of ether oxygens (including phenoxy) is 1. The monoisotopic (exact) mass is 556 g/mol. The second-order valence-electron chi connectivity index (χ2n) is 9.99. The summed E-state index contributed by atoms with van der Waals surface area (Å²) in [5.41, 5.74) is 7.20. The SMILES string of the molecule is C[C@H](NC(=O)OC1c2ccccc2-c2ccccc21)C(=O)c1ccc([C](c2ccccc2)c2ccccc2)c(Cl)c1. The molecule has 4 nitrogen and oxygen atoms in total. The van der Waals surface area contributed by atoms with Crippen LogP contribution in [0.25, 0.3) is 11.1 Å². The van der Waals surface area contributed by atoms with Crippen molar-refractivity contribution in [2.75, 3.05) is 0 Å². The molecule has 0 spiro atoms. The number of hydrogen-bond acceptors (Lipinski definition) is 3. The molecule has 1 amide bonds. The molecule has 0 saturated carbocycles. The van der Waals surface area contributed by atoms with Crippen molar-refractivity contribution in [3.63, 3.8) is 0 Å². The number of nitrogens with one attached hydrogen (secondary N) is 1. The van der Waals surface area contributed by atoms with Gasteiger partial charge < -0.3 is 10.1 Å². The third kappa shape index (κ3) is 5.27. The van der Waals surface area contributed by atoms with Gasteiger partial charge in [0, 0.05) is 21.7 Å². The molecule has 1 aliphatic rings. The lowest BCUT2D eigenvalue weighted by atomic mass is 9.84. The van der Waals surface area contributed by atoms with Crippen molar-refractivity contribution in [2.45, 2.75) is 19.1 Å². The number of fused-ring (bicyclic) bond motifs is 3.